The Labute approximate surface area is 93.8 Å². The van der Waals surface area contributed by atoms with Crippen LogP contribution in [-0.4, -0.2) is 23.7 Å². The molecule has 3 nitrogen and oxygen atoms in total. The molecule has 2 saturated heterocycles. The maximum Gasteiger partial charge on any atom is 0.129 e. The smallest absolute Gasteiger partial charge is 0.129 e. The molecule has 1 aromatic heterocycles. The van der Waals surface area contributed by atoms with Gasteiger partial charge < -0.3 is 10.1 Å². The Morgan fingerprint density at radius 3 is 2.87 bits per heavy atom. The van der Waals surface area contributed by atoms with Crippen LogP contribution in [0.5, 0.6) is 0 Å². The van der Waals surface area contributed by atoms with E-state index in [1.807, 2.05) is 12.1 Å². The predicted molar refractivity (Wildman–Crippen MR) is 57.9 cm³/mol. The van der Waals surface area contributed by atoms with Crippen molar-refractivity contribution in [2.24, 2.45) is 0 Å². The highest BCUT2D eigenvalue weighted by atomic mass is 35.5. The molecule has 4 heteroatoms. The van der Waals surface area contributed by atoms with Crippen LogP contribution in [0.4, 0.5) is 0 Å². The van der Waals surface area contributed by atoms with Crippen LogP contribution in [0.3, 0.4) is 0 Å². The number of hydrogen-bond donors (Lipinski definition) is 1. The van der Waals surface area contributed by atoms with Crippen molar-refractivity contribution in [1.29, 1.82) is 0 Å². The summed E-state index contributed by atoms with van der Waals surface area (Å²) in [5.41, 5.74) is 1.09. The van der Waals surface area contributed by atoms with Gasteiger partial charge in [-0.3, -0.25) is 4.98 Å². The molecule has 15 heavy (non-hydrogen) atoms. The maximum absolute atomic E-state index is 5.83. The molecule has 1 spiro atoms. The van der Waals surface area contributed by atoms with Gasteiger partial charge in [0.1, 0.15) is 11.7 Å². The third kappa shape index (κ3) is 1.65. The number of nitrogens with one attached hydrogen (secondary N) is 1. The average molecular weight is 225 g/mol. The molecule has 0 saturated carbocycles. The molecule has 0 bridgehead atoms. The van der Waals surface area contributed by atoms with Crippen LogP contribution in [0.15, 0.2) is 18.3 Å². The van der Waals surface area contributed by atoms with Crippen molar-refractivity contribution in [1.82, 2.24) is 10.3 Å². The Morgan fingerprint density at radius 1 is 1.40 bits per heavy atom. The number of halogens is 1. The first-order valence-corrected chi connectivity index (χ1v) is 5.68. The molecule has 1 atom stereocenters. The number of aromatic nitrogens is 1. The summed E-state index contributed by atoms with van der Waals surface area (Å²) in [5, 5.41) is 4.02. The molecule has 3 heterocycles. The van der Waals surface area contributed by atoms with Gasteiger partial charge in [0.25, 0.3) is 0 Å². The minimum absolute atomic E-state index is 0.0755. The second-order valence-electron chi connectivity index (χ2n) is 4.21. The molecule has 3 rings (SSSR count). The second kappa shape index (κ2) is 3.44. The van der Waals surface area contributed by atoms with E-state index >= 15 is 0 Å². The van der Waals surface area contributed by atoms with Crippen LogP contribution in [-0.2, 0) is 4.74 Å². The molecule has 2 fully saturated rings. The minimum atomic E-state index is 0.0755. The van der Waals surface area contributed by atoms with Crippen molar-refractivity contribution < 1.29 is 4.74 Å². The lowest BCUT2D eigenvalue weighted by Crippen LogP contribution is -2.33. The largest absolute Gasteiger partial charge is 0.359 e. The average Bonchev–Trinajstić information content (AvgIpc) is 2.94. The van der Waals surface area contributed by atoms with Crippen molar-refractivity contribution >= 4 is 11.6 Å². The van der Waals surface area contributed by atoms with Gasteiger partial charge in [0.15, 0.2) is 0 Å². The van der Waals surface area contributed by atoms with E-state index in [9.17, 15) is 0 Å². The van der Waals surface area contributed by atoms with E-state index in [1.165, 1.54) is 0 Å². The zero-order valence-corrected chi connectivity index (χ0v) is 9.13. The Bertz CT molecular complexity index is 359. The molecule has 0 radical (unpaired) electrons. The monoisotopic (exact) mass is 224 g/mol. The fourth-order valence-electron chi connectivity index (χ4n) is 2.30. The van der Waals surface area contributed by atoms with Crippen LogP contribution >= 0.6 is 11.6 Å². The first-order valence-electron chi connectivity index (χ1n) is 5.30. The summed E-state index contributed by atoms with van der Waals surface area (Å²) in [6, 6.07) is 3.84. The Balaban J connectivity index is 1.77. The highest BCUT2D eigenvalue weighted by Gasteiger charge is 2.57. The quantitative estimate of drug-likeness (QED) is 0.741. The molecule has 1 aromatic rings. The molecule has 0 aromatic carbocycles. The topological polar surface area (TPSA) is 37.5 Å². The van der Waals surface area contributed by atoms with Gasteiger partial charge in [0.05, 0.1) is 10.7 Å². The van der Waals surface area contributed by atoms with E-state index in [-0.39, 0.29) is 11.7 Å². The van der Waals surface area contributed by atoms with E-state index in [4.69, 9.17) is 16.3 Å². The van der Waals surface area contributed by atoms with Gasteiger partial charge in [0, 0.05) is 6.20 Å². The van der Waals surface area contributed by atoms with Crippen LogP contribution in [0, 0.1) is 0 Å². The number of nitrogens with zero attached hydrogens (tertiary/aromatic N) is 1. The molecule has 2 aliphatic heterocycles. The van der Waals surface area contributed by atoms with Crippen LogP contribution < -0.4 is 5.32 Å². The molecule has 0 aliphatic carbocycles. The van der Waals surface area contributed by atoms with Crippen LogP contribution in [0.1, 0.15) is 24.6 Å². The molecule has 1 N–H and O–H groups in total. The van der Waals surface area contributed by atoms with Gasteiger partial charge in [0.2, 0.25) is 0 Å². The van der Waals surface area contributed by atoms with E-state index < -0.39 is 0 Å². The number of piperidine rings is 1. The van der Waals surface area contributed by atoms with Gasteiger partial charge in [-0.25, -0.2) is 0 Å². The lowest BCUT2D eigenvalue weighted by atomic mass is 9.92. The highest BCUT2D eigenvalue weighted by Crippen LogP contribution is 2.54. The number of rotatable bonds is 1. The second-order valence-corrected chi connectivity index (χ2v) is 4.65. The SMILES string of the molecule is Clc1ccc(C2OC23CCNCC3)nc1. The van der Waals surface area contributed by atoms with Crippen molar-refractivity contribution in [2.45, 2.75) is 24.5 Å². The summed E-state index contributed by atoms with van der Waals surface area (Å²) in [6.07, 6.45) is 4.05. The number of pyridine rings is 1. The summed E-state index contributed by atoms with van der Waals surface area (Å²) < 4.78 is 5.83. The molecular formula is C11H13ClN2O. The first kappa shape index (κ1) is 9.58. The fraction of sp³-hybridized carbons (Fsp3) is 0.545. The van der Waals surface area contributed by atoms with Gasteiger partial charge in [-0.15, -0.1) is 0 Å². The number of ether oxygens (including phenoxy) is 1. The third-order valence-corrected chi connectivity index (χ3v) is 3.47. The summed E-state index contributed by atoms with van der Waals surface area (Å²) in [6.45, 7) is 2.09. The van der Waals surface area contributed by atoms with Crippen molar-refractivity contribution in [3.05, 3.63) is 29.0 Å². The molecular weight excluding hydrogens is 212 g/mol. The van der Waals surface area contributed by atoms with Gasteiger partial charge in [-0.05, 0) is 38.1 Å². The zero-order valence-electron chi connectivity index (χ0n) is 8.37. The molecule has 2 aliphatic rings. The molecule has 80 valence electrons. The fourth-order valence-corrected chi connectivity index (χ4v) is 2.41. The number of hydrogen-bond acceptors (Lipinski definition) is 3. The third-order valence-electron chi connectivity index (χ3n) is 3.24. The standard InChI is InChI=1S/C11H13ClN2O/c12-8-1-2-9(14-7-8)10-11(15-10)3-5-13-6-4-11/h1-2,7,10,13H,3-6H2. The summed E-state index contributed by atoms with van der Waals surface area (Å²) in [7, 11) is 0. The Hall–Kier alpha value is -0.640. The molecule has 0 amide bonds. The van der Waals surface area contributed by atoms with E-state index in [0.29, 0.717) is 5.02 Å². The molecule has 1 unspecified atom stereocenters. The highest BCUT2D eigenvalue weighted by molar-refractivity contribution is 6.30. The van der Waals surface area contributed by atoms with E-state index in [0.717, 1.165) is 31.6 Å². The lowest BCUT2D eigenvalue weighted by Gasteiger charge is -2.19. The van der Waals surface area contributed by atoms with Gasteiger partial charge in [-0.2, -0.15) is 0 Å². The van der Waals surface area contributed by atoms with Crippen LogP contribution in [0.2, 0.25) is 5.02 Å². The summed E-state index contributed by atoms with van der Waals surface area (Å²) in [4.78, 5) is 4.31. The Kier molecular flexibility index (Phi) is 2.20. The predicted octanol–water partition coefficient (Wildman–Crippen LogP) is 1.93. The van der Waals surface area contributed by atoms with Gasteiger partial charge >= 0.3 is 0 Å². The summed E-state index contributed by atoms with van der Waals surface area (Å²) >= 11 is 5.80. The van der Waals surface area contributed by atoms with Crippen molar-refractivity contribution in [3.63, 3.8) is 0 Å². The normalized spacial score (nSPS) is 27.9. The van der Waals surface area contributed by atoms with Crippen molar-refractivity contribution in [2.75, 3.05) is 13.1 Å². The number of epoxide rings is 1. The van der Waals surface area contributed by atoms with Gasteiger partial charge in [-0.1, -0.05) is 11.6 Å². The van der Waals surface area contributed by atoms with Crippen LogP contribution in [0.25, 0.3) is 0 Å². The maximum atomic E-state index is 5.83. The Morgan fingerprint density at radius 2 is 2.20 bits per heavy atom. The van der Waals surface area contributed by atoms with E-state index in [1.54, 1.807) is 6.20 Å². The van der Waals surface area contributed by atoms with Crippen molar-refractivity contribution in [3.8, 4) is 0 Å². The summed E-state index contributed by atoms with van der Waals surface area (Å²) in [5.74, 6) is 0. The first-order chi connectivity index (χ1) is 7.30. The lowest BCUT2D eigenvalue weighted by molar-refractivity contribution is 0.242. The minimum Gasteiger partial charge on any atom is -0.359 e. The zero-order chi connectivity index (χ0) is 10.3. The van der Waals surface area contributed by atoms with E-state index in [2.05, 4.69) is 10.3 Å².